The zero-order valence-electron chi connectivity index (χ0n) is 17.2. The van der Waals surface area contributed by atoms with Crippen molar-refractivity contribution in [3.63, 3.8) is 0 Å². The lowest BCUT2D eigenvalue weighted by Crippen LogP contribution is -2.31. The molecule has 0 bridgehead atoms. The molecule has 0 saturated heterocycles. The first kappa shape index (κ1) is 22.1. The standard InChI is InChI=1S/C22H27NO6/c1-5-12-28-17-8-6-16(7-9-17)22(25)29-14-21(24)23-15(2)19-13-18(26-3)10-11-20(19)27-4/h6-11,13,15H,5,12,14H2,1-4H3,(H,23,24)/t15-/m1/s1. The first-order chi connectivity index (χ1) is 14.0. The quantitative estimate of drug-likeness (QED) is 0.613. The molecule has 1 amide bonds. The Hall–Kier alpha value is -3.22. The number of esters is 1. The van der Waals surface area contributed by atoms with Crippen molar-refractivity contribution in [2.75, 3.05) is 27.4 Å². The highest BCUT2D eigenvalue weighted by Gasteiger charge is 2.17. The summed E-state index contributed by atoms with van der Waals surface area (Å²) in [6.45, 7) is 4.05. The molecular formula is C22H27NO6. The Kier molecular flexibility index (Phi) is 8.33. The number of carbonyl (C=O) groups is 2. The van der Waals surface area contributed by atoms with Crippen LogP contribution in [0.25, 0.3) is 0 Å². The lowest BCUT2D eigenvalue weighted by Gasteiger charge is -2.18. The smallest absolute Gasteiger partial charge is 0.338 e. The van der Waals surface area contributed by atoms with Crippen LogP contribution in [0.2, 0.25) is 0 Å². The molecule has 0 fully saturated rings. The van der Waals surface area contributed by atoms with Crippen LogP contribution in [0.1, 0.15) is 42.2 Å². The van der Waals surface area contributed by atoms with Crippen molar-refractivity contribution in [1.29, 1.82) is 0 Å². The van der Waals surface area contributed by atoms with Crippen LogP contribution in [0.4, 0.5) is 0 Å². The molecular weight excluding hydrogens is 374 g/mol. The zero-order chi connectivity index (χ0) is 21.2. The molecule has 7 heteroatoms. The Labute approximate surface area is 170 Å². The van der Waals surface area contributed by atoms with Crippen LogP contribution in [0.3, 0.4) is 0 Å². The third-order valence-corrected chi connectivity index (χ3v) is 4.18. The first-order valence-corrected chi connectivity index (χ1v) is 9.39. The van der Waals surface area contributed by atoms with Crippen LogP contribution in [0.15, 0.2) is 42.5 Å². The zero-order valence-corrected chi connectivity index (χ0v) is 17.2. The molecule has 2 rings (SSSR count). The molecule has 0 radical (unpaired) electrons. The van der Waals surface area contributed by atoms with Gasteiger partial charge in [-0.1, -0.05) is 6.92 Å². The molecule has 0 saturated carbocycles. The molecule has 0 spiro atoms. The highest BCUT2D eigenvalue weighted by atomic mass is 16.5. The molecule has 2 aromatic carbocycles. The summed E-state index contributed by atoms with van der Waals surface area (Å²) in [4.78, 5) is 24.3. The van der Waals surface area contributed by atoms with Crippen molar-refractivity contribution in [2.24, 2.45) is 0 Å². The number of carbonyl (C=O) groups excluding carboxylic acids is 2. The Morgan fingerprint density at radius 3 is 2.31 bits per heavy atom. The SMILES string of the molecule is CCCOc1ccc(C(=O)OCC(=O)N[C@H](C)c2cc(OC)ccc2OC)cc1. The van der Waals surface area contributed by atoms with E-state index in [1.165, 1.54) is 0 Å². The van der Waals surface area contributed by atoms with E-state index >= 15 is 0 Å². The van der Waals surface area contributed by atoms with Gasteiger partial charge in [0.2, 0.25) is 0 Å². The summed E-state index contributed by atoms with van der Waals surface area (Å²) in [5, 5.41) is 2.79. The highest BCUT2D eigenvalue weighted by Crippen LogP contribution is 2.29. The Balaban J connectivity index is 1.90. The van der Waals surface area contributed by atoms with Gasteiger partial charge in [-0.3, -0.25) is 4.79 Å². The van der Waals surface area contributed by atoms with Crippen molar-refractivity contribution in [3.8, 4) is 17.2 Å². The van der Waals surface area contributed by atoms with E-state index in [-0.39, 0.29) is 12.6 Å². The van der Waals surface area contributed by atoms with E-state index in [1.54, 1.807) is 56.7 Å². The summed E-state index contributed by atoms with van der Waals surface area (Å²) < 4.78 is 21.1. The summed E-state index contributed by atoms with van der Waals surface area (Å²) >= 11 is 0. The summed E-state index contributed by atoms with van der Waals surface area (Å²) in [7, 11) is 3.12. The third kappa shape index (κ3) is 6.41. The molecule has 7 nitrogen and oxygen atoms in total. The topological polar surface area (TPSA) is 83.1 Å². The fraction of sp³-hybridized carbons (Fsp3) is 0.364. The minimum Gasteiger partial charge on any atom is -0.497 e. The van der Waals surface area contributed by atoms with Gasteiger partial charge < -0.3 is 24.3 Å². The van der Waals surface area contributed by atoms with Crippen LogP contribution in [-0.2, 0) is 9.53 Å². The van der Waals surface area contributed by atoms with E-state index in [4.69, 9.17) is 18.9 Å². The molecule has 0 aliphatic rings. The second kappa shape index (κ2) is 10.9. The summed E-state index contributed by atoms with van der Waals surface area (Å²) in [5.41, 5.74) is 1.11. The van der Waals surface area contributed by atoms with Crippen molar-refractivity contribution >= 4 is 11.9 Å². The van der Waals surface area contributed by atoms with Crippen LogP contribution < -0.4 is 19.5 Å². The number of rotatable bonds is 10. The van der Waals surface area contributed by atoms with E-state index in [9.17, 15) is 9.59 Å². The number of hydrogen-bond acceptors (Lipinski definition) is 6. The monoisotopic (exact) mass is 401 g/mol. The fourth-order valence-electron chi connectivity index (χ4n) is 2.66. The minimum atomic E-state index is -0.575. The Morgan fingerprint density at radius 1 is 1.00 bits per heavy atom. The fourth-order valence-corrected chi connectivity index (χ4v) is 2.66. The Morgan fingerprint density at radius 2 is 1.69 bits per heavy atom. The van der Waals surface area contributed by atoms with Crippen LogP contribution in [-0.4, -0.2) is 39.3 Å². The van der Waals surface area contributed by atoms with Crippen LogP contribution in [0, 0.1) is 0 Å². The number of methoxy groups -OCH3 is 2. The molecule has 2 aromatic rings. The van der Waals surface area contributed by atoms with Crippen molar-refractivity contribution in [2.45, 2.75) is 26.3 Å². The van der Waals surface area contributed by atoms with Gasteiger partial charge >= 0.3 is 5.97 Å². The molecule has 0 unspecified atom stereocenters. The van der Waals surface area contributed by atoms with Gasteiger partial charge in [-0.15, -0.1) is 0 Å². The van der Waals surface area contributed by atoms with Crippen molar-refractivity contribution < 1.29 is 28.5 Å². The van der Waals surface area contributed by atoms with Crippen molar-refractivity contribution in [1.82, 2.24) is 5.32 Å². The summed E-state index contributed by atoms with van der Waals surface area (Å²) in [6.07, 6.45) is 0.902. The molecule has 0 aliphatic heterocycles. The molecule has 0 aromatic heterocycles. The number of ether oxygens (including phenoxy) is 4. The predicted octanol–water partition coefficient (Wildman–Crippen LogP) is 3.53. The molecule has 1 atom stereocenters. The van der Waals surface area contributed by atoms with E-state index in [1.807, 2.05) is 13.8 Å². The summed E-state index contributed by atoms with van der Waals surface area (Å²) in [5.74, 6) is 0.968. The second-order valence-corrected chi connectivity index (χ2v) is 6.35. The highest BCUT2D eigenvalue weighted by molar-refractivity contribution is 5.91. The maximum atomic E-state index is 12.2. The van der Waals surface area contributed by atoms with E-state index < -0.39 is 11.9 Å². The van der Waals surface area contributed by atoms with E-state index in [2.05, 4.69) is 5.32 Å². The van der Waals surface area contributed by atoms with E-state index in [0.29, 0.717) is 29.4 Å². The largest absolute Gasteiger partial charge is 0.497 e. The normalized spacial score (nSPS) is 11.3. The lowest BCUT2D eigenvalue weighted by molar-refractivity contribution is -0.124. The van der Waals surface area contributed by atoms with E-state index in [0.717, 1.165) is 12.0 Å². The van der Waals surface area contributed by atoms with Crippen LogP contribution in [0.5, 0.6) is 17.2 Å². The first-order valence-electron chi connectivity index (χ1n) is 9.39. The summed E-state index contributed by atoms with van der Waals surface area (Å²) in [6, 6.07) is 11.6. The van der Waals surface area contributed by atoms with Gasteiger partial charge in [0.05, 0.1) is 32.4 Å². The maximum absolute atomic E-state index is 12.2. The van der Waals surface area contributed by atoms with Gasteiger partial charge in [-0.05, 0) is 55.8 Å². The Bertz CT molecular complexity index is 819. The predicted molar refractivity (Wildman–Crippen MR) is 109 cm³/mol. The van der Waals surface area contributed by atoms with Crippen molar-refractivity contribution in [3.05, 3.63) is 53.6 Å². The third-order valence-electron chi connectivity index (χ3n) is 4.18. The van der Waals surface area contributed by atoms with Gasteiger partial charge in [0.25, 0.3) is 5.91 Å². The van der Waals surface area contributed by atoms with Gasteiger partial charge in [0.1, 0.15) is 17.2 Å². The molecule has 156 valence electrons. The minimum absolute atomic E-state index is 0.351. The number of amides is 1. The van der Waals surface area contributed by atoms with Gasteiger partial charge in [-0.2, -0.15) is 0 Å². The molecule has 29 heavy (non-hydrogen) atoms. The van der Waals surface area contributed by atoms with Gasteiger partial charge in [-0.25, -0.2) is 4.79 Å². The van der Waals surface area contributed by atoms with Crippen LogP contribution >= 0.6 is 0 Å². The maximum Gasteiger partial charge on any atom is 0.338 e. The average Bonchev–Trinajstić information content (AvgIpc) is 2.75. The second-order valence-electron chi connectivity index (χ2n) is 6.35. The number of hydrogen-bond donors (Lipinski definition) is 1. The van der Waals surface area contributed by atoms with Gasteiger partial charge in [0, 0.05) is 5.56 Å². The number of nitrogens with one attached hydrogen (secondary N) is 1. The molecule has 1 N–H and O–H groups in total. The van der Waals surface area contributed by atoms with Gasteiger partial charge in [0.15, 0.2) is 6.61 Å². The lowest BCUT2D eigenvalue weighted by atomic mass is 10.1. The molecule has 0 heterocycles. The number of benzene rings is 2. The average molecular weight is 401 g/mol. The molecule has 0 aliphatic carbocycles.